The van der Waals surface area contributed by atoms with E-state index < -0.39 is 6.10 Å². The van der Waals surface area contributed by atoms with E-state index in [1.807, 2.05) is 29.6 Å². The zero-order valence-corrected chi connectivity index (χ0v) is 13.5. The fourth-order valence-corrected chi connectivity index (χ4v) is 3.20. The number of aliphatic hydroxyl groups is 1. The summed E-state index contributed by atoms with van der Waals surface area (Å²) >= 11 is 0. The second kappa shape index (κ2) is 6.62. The highest BCUT2D eigenvalue weighted by atomic mass is 19.1. The zero-order valence-electron chi connectivity index (χ0n) is 13.5. The molecule has 2 aromatic heterocycles. The lowest BCUT2D eigenvalue weighted by atomic mass is 9.92. The van der Waals surface area contributed by atoms with Gasteiger partial charge < -0.3 is 14.6 Å². The first-order valence-corrected chi connectivity index (χ1v) is 8.01. The summed E-state index contributed by atoms with van der Waals surface area (Å²) in [5, 5.41) is 10.6. The largest absolute Gasteiger partial charge is 0.385 e. The van der Waals surface area contributed by atoms with Crippen molar-refractivity contribution in [3.63, 3.8) is 0 Å². The highest BCUT2D eigenvalue weighted by molar-refractivity contribution is 5.41. The van der Waals surface area contributed by atoms with Crippen molar-refractivity contribution in [2.45, 2.75) is 32.3 Å². The highest BCUT2D eigenvalue weighted by Crippen LogP contribution is 2.31. The summed E-state index contributed by atoms with van der Waals surface area (Å²) in [7, 11) is 1.86. The third-order valence-electron chi connectivity index (χ3n) is 4.51. The SMILES string of the molecule is CCc1ncnc(N2CCCC(C(O)c3nccn3C)C2)c1F. The van der Waals surface area contributed by atoms with Gasteiger partial charge in [0.25, 0.3) is 0 Å². The van der Waals surface area contributed by atoms with E-state index in [4.69, 9.17) is 0 Å². The minimum absolute atomic E-state index is 0.00397. The molecule has 0 amide bonds. The van der Waals surface area contributed by atoms with Gasteiger partial charge in [-0.25, -0.2) is 19.3 Å². The van der Waals surface area contributed by atoms with Crippen molar-refractivity contribution in [3.05, 3.63) is 36.1 Å². The second-order valence-corrected chi connectivity index (χ2v) is 6.00. The molecule has 0 saturated carbocycles. The quantitative estimate of drug-likeness (QED) is 0.932. The van der Waals surface area contributed by atoms with E-state index in [-0.39, 0.29) is 11.7 Å². The van der Waals surface area contributed by atoms with Crippen LogP contribution in [-0.2, 0) is 13.5 Å². The molecule has 1 fully saturated rings. The van der Waals surface area contributed by atoms with Gasteiger partial charge in [-0.3, -0.25) is 0 Å². The van der Waals surface area contributed by atoms with Gasteiger partial charge in [0.15, 0.2) is 11.6 Å². The number of anilines is 1. The highest BCUT2D eigenvalue weighted by Gasteiger charge is 2.31. The number of nitrogens with zero attached hydrogens (tertiary/aromatic N) is 5. The van der Waals surface area contributed by atoms with Gasteiger partial charge in [-0.05, 0) is 19.3 Å². The molecule has 3 heterocycles. The summed E-state index contributed by atoms with van der Waals surface area (Å²) in [6.45, 7) is 3.17. The van der Waals surface area contributed by atoms with E-state index in [0.717, 1.165) is 19.4 Å². The van der Waals surface area contributed by atoms with Crippen molar-refractivity contribution in [2.75, 3.05) is 18.0 Å². The lowest BCUT2D eigenvalue weighted by Crippen LogP contribution is -2.39. The van der Waals surface area contributed by atoms with Gasteiger partial charge in [0, 0.05) is 38.4 Å². The van der Waals surface area contributed by atoms with Gasteiger partial charge in [-0.2, -0.15) is 0 Å². The molecule has 3 rings (SSSR count). The van der Waals surface area contributed by atoms with E-state index in [1.165, 1.54) is 6.33 Å². The maximum Gasteiger partial charge on any atom is 0.187 e. The normalized spacial score (nSPS) is 19.8. The summed E-state index contributed by atoms with van der Waals surface area (Å²) in [5.74, 6) is 0.647. The number of piperidine rings is 1. The Balaban J connectivity index is 1.80. The minimum Gasteiger partial charge on any atom is -0.385 e. The Hall–Kier alpha value is -2.02. The Morgan fingerprint density at radius 3 is 2.91 bits per heavy atom. The molecular weight excluding hydrogens is 297 g/mol. The molecule has 6 nitrogen and oxygen atoms in total. The van der Waals surface area contributed by atoms with Crippen molar-refractivity contribution in [3.8, 4) is 0 Å². The molecule has 0 spiro atoms. The van der Waals surface area contributed by atoms with Crippen LogP contribution in [0.1, 0.15) is 37.4 Å². The van der Waals surface area contributed by atoms with Crippen molar-refractivity contribution < 1.29 is 9.50 Å². The second-order valence-electron chi connectivity index (χ2n) is 6.00. The van der Waals surface area contributed by atoms with Crippen LogP contribution in [0.3, 0.4) is 0 Å². The number of imidazole rings is 1. The molecule has 0 aliphatic carbocycles. The average Bonchev–Trinajstić information content (AvgIpc) is 3.00. The Bertz CT molecular complexity index is 674. The number of halogens is 1. The Labute approximate surface area is 135 Å². The van der Waals surface area contributed by atoms with Gasteiger partial charge in [0.1, 0.15) is 18.3 Å². The summed E-state index contributed by atoms with van der Waals surface area (Å²) in [6, 6.07) is 0. The van der Waals surface area contributed by atoms with Crippen LogP contribution in [0.25, 0.3) is 0 Å². The molecule has 2 atom stereocenters. The van der Waals surface area contributed by atoms with Crippen LogP contribution in [0.4, 0.5) is 10.2 Å². The third kappa shape index (κ3) is 3.06. The predicted octanol–water partition coefficient (Wildman–Crippen LogP) is 1.86. The van der Waals surface area contributed by atoms with Crippen LogP contribution >= 0.6 is 0 Å². The maximum atomic E-state index is 14.5. The van der Waals surface area contributed by atoms with Crippen molar-refractivity contribution >= 4 is 5.82 Å². The lowest BCUT2D eigenvalue weighted by molar-refractivity contribution is 0.0872. The standard InChI is InChI=1S/C16H22FN5O/c1-3-12-13(17)15(20-10-19-12)22-7-4-5-11(9-22)14(23)16-18-6-8-21(16)2/h6,8,10-11,14,23H,3-5,7,9H2,1-2H3. The van der Waals surface area contributed by atoms with Crippen LogP contribution in [0.2, 0.25) is 0 Å². The molecule has 0 radical (unpaired) electrons. The fourth-order valence-electron chi connectivity index (χ4n) is 3.20. The molecule has 1 aliphatic heterocycles. The van der Waals surface area contributed by atoms with E-state index in [9.17, 15) is 9.50 Å². The molecule has 2 unspecified atom stereocenters. The topological polar surface area (TPSA) is 67.1 Å². The summed E-state index contributed by atoms with van der Waals surface area (Å²) in [6.07, 6.45) is 6.56. The summed E-state index contributed by atoms with van der Waals surface area (Å²) in [5.41, 5.74) is 0.432. The number of rotatable bonds is 4. The first-order chi connectivity index (χ1) is 11.1. The van der Waals surface area contributed by atoms with Crippen LogP contribution in [0.15, 0.2) is 18.7 Å². The Kier molecular flexibility index (Phi) is 4.56. The summed E-state index contributed by atoms with van der Waals surface area (Å²) < 4.78 is 16.3. The molecular formula is C16H22FN5O. The number of hydrogen-bond donors (Lipinski definition) is 1. The monoisotopic (exact) mass is 319 g/mol. The predicted molar refractivity (Wildman–Crippen MR) is 84.5 cm³/mol. The maximum absolute atomic E-state index is 14.5. The molecule has 1 N–H and O–H groups in total. The van der Waals surface area contributed by atoms with Gasteiger partial charge in [0.05, 0.1) is 5.69 Å². The van der Waals surface area contributed by atoms with Gasteiger partial charge >= 0.3 is 0 Å². The van der Waals surface area contributed by atoms with E-state index >= 15 is 0 Å². The van der Waals surface area contributed by atoms with Crippen molar-refractivity contribution in [2.24, 2.45) is 13.0 Å². The number of aryl methyl sites for hydroxylation is 2. The number of aromatic nitrogens is 4. The zero-order chi connectivity index (χ0) is 16.4. The molecule has 23 heavy (non-hydrogen) atoms. The molecule has 0 aromatic carbocycles. The van der Waals surface area contributed by atoms with Gasteiger partial charge in [0.2, 0.25) is 0 Å². The van der Waals surface area contributed by atoms with E-state index in [2.05, 4.69) is 15.0 Å². The molecule has 1 aliphatic rings. The van der Waals surface area contributed by atoms with E-state index in [0.29, 0.717) is 30.3 Å². The lowest BCUT2D eigenvalue weighted by Gasteiger charge is -2.35. The molecule has 7 heteroatoms. The first-order valence-electron chi connectivity index (χ1n) is 8.01. The number of hydrogen-bond acceptors (Lipinski definition) is 5. The smallest absolute Gasteiger partial charge is 0.187 e. The van der Waals surface area contributed by atoms with Crippen LogP contribution in [0, 0.1) is 11.7 Å². The van der Waals surface area contributed by atoms with Gasteiger partial charge in [-0.1, -0.05) is 6.92 Å². The number of aliphatic hydroxyl groups excluding tert-OH is 1. The van der Waals surface area contributed by atoms with E-state index in [1.54, 1.807) is 6.20 Å². The Morgan fingerprint density at radius 2 is 2.22 bits per heavy atom. The average molecular weight is 319 g/mol. The minimum atomic E-state index is -0.659. The molecule has 0 bridgehead atoms. The van der Waals surface area contributed by atoms with Crippen LogP contribution in [0.5, 0.6) is 0 Å². The first kappa shape index (κ1) is 15.9. The van der Waals surface area contributed by atoms with Crippen LogP contribution in [-0.4, -0.2) is 37.7 Å². The Morgan fingerprint density at radius 1 is 1.39 bits per heavy atom. The fraction of sp³-hybridized carbons (Fsp3) is 0.562. The van der Waals surface area contributed by atoms with Crippen LogP contribution < -0.4 is 4.90 Å². The van der Waals surface area contributed by atoms with Crippen molar-refractivity contribution in [1.82, 2.24) is 19.5 Å². The molecule has 124 valence electrons. The molecule has 2 aromatic rings. The molecule has 1 saturated heterocycles. The van der Waals surface area contributed by atoms with Crippen molar-refractivity contribution in [1.29, 1.82) is 0 Å². The summed E-state index contributed by atoms with van der Waals surface area (Å²) in [4.78, 5) is 14.2. The van der Waals surface area contributed by atoms with Gasteiger partial charge in [-0.15, -0.1) is 0 Å². The third-order valence-corrected chi connectivity index (χ3v) is 4.51.